The molecule has 1 aliphatic heterocycles. The van der Waals surface area contributed by atoms with Crippen LogP contribution >= 0.6 is 0 Å². The Morgan fingerprint density at radius 1 is 0.902 bits per heavy atom. The van der Waals surface area contributed by atoms with Gasteiger partial charge in [-0.05, 0) is 54.3 Å². The summed E-state index contributed by atoms with van der Waals surface area (Å²) in [5.74, 6) is 0.286. The molecule has 1 saturated heterocycles. The number of carbonyl (C=O) groups excluding carboxylic acids is 1. The molecule has 0 radical (unpaired) electrons. The Labute approximate surface area is 235 Å². The third kappa shape index (κ3) is 4.57. The number of amides is 1. The Balaban J connectivity index is 1.03. The Kier molecular flexibility index (Phi) is 6.15. The Morgan fingerprint density at radius 3 is 2.49 bits per heavy atom. The number of imidazole rings is 1. The van der Waals surface area contributed by atoms with Crippen LogP contribution in [0.1, 0.15) is 24.4 Å². The van der Waals surface area contributed by atoms with Gasteiger partial charge < -0.3 is 20.0 Å². The third-order valence-electron chi connectivity index (χ3n) is 8.18. The van der Waals surface area contributed by atoms with Gasteiger partial charge in [-0.3, -0.25) is 14.3 Å². The highest BCUT2D eigenvalue weighted by Crippen LogP contribution is 2.38. The van der Waals surface area contributed by atoms with Crippen molar-refractivity contribution < 1.29 is 9.90 Å². The molecule has 3 N–H and O–H groups in total. The van der Waals surface area contributed by atoms with Crippen LogP contribution in [0.5, 0.6) is 5.75 Å². The lowest BCUT2D eigenvalue weighted by molar-refractivity contribution is -0.131. The number of benzene rings is 3. The summed E-state index contributed by atoms with van der Waals surface area (Å²) in [6.45, 7) is 1.25. The number of likely N-dealkylation sites (tertiary alicyclic amines) is 1. The van der Waals surface area contributed by atoms with Crippen molar-refractivity contribution in [2.75, 3.05) is 13.1 Å². The molecule has 3 aromatic carbocycles. The number of aromatic hydroxyl groups is 1. The summed E-state index contributed by atoms with van der Waals surface area (Å²) in [6.07, 6.45) is 5.32. The summed E-state index contributed by atoms with van der Waals surface area (Å²) in [6, 6.07) is 25.3. The first-order valence-electron chi connectivity index (χ1n) is 13.9. The molecular formula is C33H29N5O3. The van der Waals surface area contributed by atoms with Crippen molar-refractivity contribution in [3.8, 4) is 28.1 Å². The van der Waals surface area contributed by atoms with Gasteiger partial charge in [0.1, 0.15) is 5.75 Å². The number of piperidine rings is 1. The minimum atomic E-state index is -0.0914. The number of phenolic OH excluding ortho intramolecular Hbond substituents is 1. The molecule has 6 aromatic rings. The monoisotopic (exact) mass is 543 g/mol. The second-order valence-corrected chi connectivity index (χ2v) is 10.7. The molecule has 41 heavy (non-hydrogen) atoms. The number of nitrogens with zero attached hydrogens (tertiary/aromatic N) is 3. The zero-order valence-corrected chi connectivity index (χ0v) is 22.4. The van der Waals surface area contributed by atoms with Gasteiger partial charge in [-0.2, -0.15) is 0 Å². The highest BCUT2D eigenvalue weighted by molar-refractivity contribution is 5.89. The van der Waals surface area contributed by atoms with E-state index in [4.69, 9.17) is 0 Å². The fourth-order valence-corrected chi connectivity index (χ4v) is 6.01. The molecule has 0 saturated carbocycles. The first-order valence-corrected chi connectivity index (χ1v) is 13.9. The second-order valence-electron chi connectivity index (χ2n) is 10.7. The molecule has 7 rings (SSSR count). The van der Waals surface area contributed by atoms with E-state index < -0.39 is 0 Å². The number of phenols is 1. The van der Waals surface area contributed by atoms with Gasteiger partial charge in [0.25, 0.3) is 0 Å². The van der Waals surface area contributed by atoms with Crippen LogP contribution in [0.3, 0.4) is 0 Å². The van der Waals surface area contributed by atoms with Crippen LogP contribution in [-0.2, 0) is 11.2 Å². The van der Waals surface area contributed by atoms with Crippen LogP contribution < -0.4 is 5.69 Å². The predicted octanol–water partition coefficient (Wildman–Crippen LogP) is 5.65. The molecule has 1 amide bonds. The molecule has 0 unspecified atom stereocenters. The van der Waals surface area contributed by atoms with Crippen molar-refractivity contribution in [2.24, 2.45) is 0 Å². The van der Waals surface area contributed by atoms with Crippen molar-refractivity contribution in [3.63, 3.8) is 0 Å². The van der Waals surface area contributed by atoms with Crippen LogP contribution in [0.4, 0.5) is 0 Å². The maximum Gasteiger partial charge on any atom is 0.326 e. The van der Waals surface area contributed by atoms with E-state index >= 15 is 0 Å². The fourth-order valence-electron chi connectivity index (χ4n) is 6.01. The number of hydrogen-bond donors (Lipinski definition) is 3. The number of aromatic amines is 2. The minimum Gasteiger partial charge on any atom is -0.507 e. The molecule has 0 spiro atoms. The number of fused-ring (bicyclic) bond motifs is 2. The van der Waals surface area contributed by atoms with Gasteiger partial charge in [0.05, 0.1) is 34.9 Å². The van der Waals surface area contributed by atoms with E-state index in [0.717, 1.165) is 62.7 Å². The zero-order valence-electron chi connectivity index (χ0n) is 22.4. The lowest BCUT2D eigenvalue weighted by atomic mass is 9.98. The van der Waals surface area contributed by atoms with Gasteiger partial charge in [0.2, 0.25) is 5.91 Å². The predicted molar refractivity (Wildman–Crippen MR) is 160 cm³/mol. The number of carbonyl (C=O) groups is 1. The second kappa shape index (κ2) is 10.1. The van der Waals surface area contributed by atoms with E-state index in [1.807, 2.05) is 88.3 Å². The zero-order chi connectivity index (χ0) is 27.9. The average molecular weight is 544 g/mol. The number of nitrogens with one attached hydrogen (secondary N) is 2. The van der Waals surface area contributed by atoms with Gasteiger partial charge in [-0.15, -0.1) is 0 Å². The molecule has 1 fully saturated rings. The van der Waals surface area contributed by atoms with E-state index in [9.17, 15) is 14.7 Å². The van der Waals surface area contributed by atoms with Crippen LogP contribution in [0.15, 0.2) is 96.1 Å². The highest BCUT2D eigenvalue weighted by atomic mass is 16.3. The molecule has 1 aliphatic rings. The van der Waals surface area contributed by atoms with E-state index in [-0.39, 0.29) is 23.4 Å². The minimum absolute atomic E-state index is 0.0754. The lowest BCUT2D eigenvalue weighted by Crippen LogP contribution is -2.41. The largest absolute Gasteiger partial charge is 0.507 e. The topological polar surface area (TPSA) is 107 Å². The van der Waals surface area contributed by atoms with Crippen LogP contribution in [-0.4, -0.2) is 48.5 Å². The normalized spacial score (nSPS) is 14.2. The van der Waals surface area contributed by atoms with Crippen molar-refractivity contribution in [1.82, 2.24) is 24.4 Å². The van der Waals surface area contributed by atoms with Crippen LogP contribution in [0.2, 0.25) is 0 Å². The summed E-state index contributed by atoms with van der Waals surface area (Å²) in [4.78, 5) is 38.0. The first-order chi connectivity index (χ1) is 20.0. The van der Waals surface area contributed by atoms with Crippen LogP contribution in [0, 0.1) is 0 Å². The van der Waals surface area contributed by atoms with Gasteiger partial charge in [0, 0.05) is 41.8 Å². The smallest absolute Gasteiger partial charge is 0.326 e. The third-order valence-corrected chi connectivity index (χ3v) is 8.18. The Bertz CT molecular complexity index is 1910. The van der Waals surface area contributed by atoms with E-state index in [0.29, 0.717) is 19.5 Å². The molecule has 0 aliphatic carbocycles. The van der Waals surface area contributed by atoms with E-state index in [1.165, 1.54) is 0 Å². The summed E-state index contributed by atoms with van der Waals surface area (Å²) >= 11 is 0. The van der Waals surface area contributed by atoms with Gasteiger partial charge in [-0.25, -0.2) is 4.79 Å². The molecule has 8 nitrogen and oxygen atoms in total. The number of aromatic nitrogens is 4. The van der Waals surface area contributed by atoms with Gasteiger partial charge >= 0.3 is 5.69 Å². The summed E-state index contributed by atoms with van der Waals surface area (Å²) < 4.78 is 1.84. The molecule has 204 valence electrons. The van der Waals surface area contributed by atoms with Gasteiger partial charge in [0.15, 0.2) is 0 Å². The molecule has 0 bridgehead atoms. The fraction of sp³-hybridized carbons (Fsp3) is 0.182. The molecule has 3 aromatic heterocycles. The molecule has 0 atom stereocenters. The van der Waals surface area contributed by atoms with E-state index in [1.54, 1.807) is 12.4 Å². The SMILES string of the molecule is O=C(Cc1ccc(-c2cccc(-c3cc4ccncc4[nH]3)c2O)cc1)N1CCC(n2c(=O)[nH]c3ccccc32)CC1. The Hall–Kier alpha value is -5.11. The number of H-pyrrole nitrogens is 2. The van der Waals surface area contributed by atoms with Crippen molar-refractivity contribution >= 4 is 27.8 Å². The first kappa shape index (κ1) is 24.9. The number of pyridine rings is 1. The maximum atomic E-state index is 13.1. The van der Waals surface area contributed by atoms with Crippen molar-refractivity contribution in [3.05, 3.63) is 107 Å². The summed E-state index contributed by atoms with van der Waals surface area (Å²) in [5, 5.41) is 12.2. The molecule has 4 heterocycles. The molecule has 8 heteroatoms. The van der Waals surface area contributed by atoms with Gasteiger partial charge in [-0.1, -0.05) is 48.5 Å². The number of rotatable bonds is 5. The Morgan fingerprint density at radius 2 is 1.68 bits per heavy atom. The van der Waals surface area contributed by atoms with Crippen molar-refractivity contribution in [1.29, 1.82) is 0 Å². The van der Waals surface area contributed by atoms with E-state index in [2.05, 4.69) is 15.0 Å². The summed E-state index contributed by atoms with van der Waals surface area (Å²) in [7, 11) is 0. The molecular weight excluding hydrogens is 514 g/mol. The van der Waals surface area contributed by atoms with Crippen molar-refractivity contribution in [2.45, 2.75) is 25.3 Å². The lowest BCUT2D eigenvalue weighted by Gasteiger charge is -2.32. The number of hydrogen-bond acceptors (Lipinski definition) is 4. The summed E-state index contributed by atoms with van der Waals surface area (Å²) in [5.41, 5.74) is 6.66. The quantitative estimate of drug-likeness (QED) is 0.261. The standard InChI is InChI=1S/C33H29N5O3/c39-31(37-16-13-24(14-17-37)38-30-7-2-1-6-27(30)36-33(38)41)18-21-8-10-22(11-9-21)25-4-3-5-26(32(25)40)28-19-23-12-15-34-20-29(23)35-28/h1-12,15,19-20,24,35,40H,13-14,16-18H2,(H,36,41). The van der Waals surface area contributed by atoms with Crippen LogP contribution in [0.25, 0.3) is 44.3 Å². The highest BCUT2D eigenvalue weighted by Gasteiger charge is 2.26. The average Bonchev–Trinajstić information content (AvgIpc) is 3.58. The number of para-hydroxylation sites is 3. The maximum absolute atomic E-state index is 13.1.